The molecule has 0 saturated heterocycles. The average molecular weight is 411 g/mol. The van der Waals surface area contributed by atoms with Gasteiger partial charge in [0.1, 0.15) is 11.8 Å². The van der Waals surface area contributed by atoms with Gasteiger partial charge in [0, 0.05) is 13.1 Å². The first-order valence-electron chi connectivity index (χ1n) is 10.6. The van der Waals surface area contributed by atoms with Gasteiger partial charge in [0.25, 0.3) is 5.91 Å². The maximum absolute atomic E-state index is 13.2. The lowest BCUT2D eigenvalue weighted by Gasteiger charge is -2.31. The Morgan fingerprint density at radius 3 is 2.43 bits per heavy atom. The van der Waals surface area contributed by atoms with Crippen LogP contribution in [0.5, 0.6) is 5.75 Å². The molecule has 0 saturated carbocycles. The van der Waals surface area contributed by atoms with E-state index in [9.17, 15) is 9.59 Å². The molecular formula is C25H34N2O3. The van der Waals surface area contributed by atoms with Gasteiger partial charge in [0.2, 0.25) is 5.91 Å². The highest BCUT2D eigenvalue weighted by Crippen LogP contribution is 2.18. The van der Waals surface area contributed by atoms with Crippen molar-refractivity contribution in [3.8, 4) is 5.75 Å². The maximum Gasteiger partial charge on any atom is 0.261 e. The van der Waals surface area contributed by atoms with Crippen LogP contribution in [0, 0.1) is 19.8 Å². The number of hydrogen-bond donors (Lipinski definition) is 1. The van der Waals surface area contributed by atoms with Crippen molar-refractivity contribution in [2.75, 3.05) is 13.2 Å². The lowest BCUT2D eigenvalue weighted by molar-refractivity contribution is -0.143. The minimum absolute atomic E-state index is 0.107. The minimum Gasteiger partial charge on any atom is -0.484 e. The number of amides is 2. The van der Waals surface area contributed by atoms with E-state index in [-0.39, 0.29) is 18.4 Å². The van der Waals surface area contributed by atoms with Crippen molar-refractivity contribution in [1.29, 1.82) is 0 Å². The van der Waals surface area contributed by atoms with Crippen molar-refractivity contribution < 1.29 is 14.3 Å². The predicted molar refractivity (Wildman–Crippen MR) is 120 cm³/mol. The van der Waals surface area contributed by atoms with Crippen molar-refractivity contribution in [3.05, 3.63) is 65.2 Å². The van der Waals surface area contributed by atoms with E-state index < -0.39 is 6.04 Å². The Labute approximate surface area is 180 Å². The second-order valence-corrected chi connectivity index (χ2v) is 8.13. The Morgan fingerprint density at radius 1 is 1.07 bits per heavy atom. The van der Waals surface area contributed by atoms with E-state index in [0.717, 1.165) is 16.7 Å². The van der Waals surface area contributed by atoms with E-state index in [1.165, 1.54) is 0 Å². The van der Waals surface area contributed by atoms with Gasteiger partial charge in [-0.2, -0.15) is 0 Å². The zero-order valence-electron chi connectivity index (χ0n) is 18.8. The number of benzene rings is 2. The van der Waals surface area contributed by atoms with Gasteiger partial charge in [-0.1, -0.05) is 68.8 Å². The van der Waals surface area contributed by atoms with Gasteiger partial charge in [0.05, 0.1) is 0 Å². The van der Waals surface area contributed by atoms with Crippen LogP contribution in [-0.4, -0.2) is 35.9 Å². The van der Waals surface area contributed by atoms with Gasteiger partial charge < -0.3 is 15.0 Å². The fraction of sp³-hybridized carbons (Fsp3) is 0.440. The molecule has 5 nitrogen and oxygen atoms in total. The summed E-state index contributed by atoms with van der Waals surface area (Å²) >= 11 is 0. The highest BCUT2D eigenvalue weighted by atomic mass is 16.5. The van der Waals surface area contributed by atoms with Gasteiger partial charge in [-0.25, -0.2) is 0 Å². The molecule has 0 aliphatic rings. The molecule has 0 radical (unpaired) electrons. The van der Waals surface area contributed by atoms with Gasteiger partial charge in [-0.3, -0.25) is 9.59 Å². The molecule has 162 valence electrons. The third-order valence-corrected chi connectivity index (χ3v) is 4.95. The summed E-state index contributed by atoms with van der Waals surface area (Å²) in [6.45, 7) is 10.8. The molecule has 5 heteroatoms. The van der Waals surface area contributed by atoms with Crippen molar-refractivity contribution >= 4 is 11.8 Å². The number of rotatable bonds is 10. The molecule has 1 N–H and O–H groups in total. The van der Waals surface area contributed by atoms with Crippen molar-refractivity contribution in [3.63, 3.8) is 0 Å². The molecular weight excluding hydrogens is 376 g/mol. The largest absolute Gasteiger partial charge is 0.484 e. The SMILES string of the molecule is CCC(C(=O)NCC(C)C)N(Cc1cccc(C)c1)C(=O)COc1ccccc1C. The molecule has 0 fully saturated rings. The molecule has 0 spiro atoms. The number of nitrogens with one attached hydrogen (secondary N) is 1. The number of carbonyl (C=O) groups excluding carboxylic acids is 2. The summed E-state index contributed by atoms with van der Waals surface area (Å²) in [6.07, 6.45) is 0.534. The Bertz CT molecular complexity index is 848. The van der Waals surface area contributed by atoms with E-state index in [1.807, 2.05) is 83.1 Å². The summed E-state index contributed by atoms with van der Waals surface area (Å²) in [7, 11) is 0. The highest BCUT2D eigenvalue weighted by molar-refractivity contribution is 5.88. The normalized spacial score (nSPS) is 11.8. The van der Waals surface area contributed by atoms with Crippen LogP contribution in [0.3, 0.4) is 0 Å². The van der Waals surface area contributed by atoms with E-state index in [1.54, 1.807) is 4.90 Å². The molecule has 0 aromatic heterocycles. The molecule has 30 heavy (non-hydrogen) atoms. The zero-order valence-corrected chi connectivity index (χ0v) is 18.8. The van der Waals surface area contributed by atoms with Gasteiger partial charge in [-0.15, -0.1) is 0 Å². The molecule has 0 aliphatic carbocycles. The topological polar surface area (TPSA) is 58.6 Å². The van der Waals surface area contributed by atoms with E-state index in [4.69, 9.17) is 4.74 Å². The Kier molecular flexibility index (Phi) is 8.90. The van der Waals surface area contributed by atoms with Crippen LogP contribution < -0.4 is 10.1 Å². The molecule has 2 aromatic carbocycles. The summed E-state index contributed by atoms with van der Waals surface area (Å²) in [6, 6.07) is 15.1. The third kappa shape index (κ3) is 6.90. The van der Waals surface area contributed by atoms with Crippen LogP contribution in [0.1, 0.15) is 43.9 Å². The van der Waals surface area contributed by atoms with E-state index in [2.05, 4.69) is 5.32 Å². The van der Waals surface area contributed by atoms with Crippen LogP contribution in [0.4, 0.5) is 0 Å². The number of carbonyl (C=O) groups is 2. The lowest BCUT2D eigenvalue weighted by atomic mass is 10.1. The quantitative estimate of drug-likeness (QED) is 0.637. The van der Waals surface area contributed by atoms with Crippen LogP contribution >= 0.6 is 0 Å². The number of nitrogens with zero attached hydrogens (tertiary/aromatic N) is 1. The lowest BCUT2D eigenvalue weighted by Crippen LogP contribution is -2.50. The van der Waals surface area contributed by atoms with Crippen molar-refractivity contribution in [2.24, 2.45) is 5.92 Å². The first kappa shape index (κ1) is 23.5. The average Bonchev–Trinajstić information content (AvgIpc) is 2.71. The monoisotopic (exact) mass is 410 g/mol. The standard InChI is InChI=1S/C25H34N2O3/c1-6-22(25(29)26-15-18(2)3)27(16-21-12-9-10-19(4)14-21)24(28)17-30-23-13-8-7-11-20(23)5/h7-14,18,22H,6,15-17H2,1-5H3,(H,26,29). The summed E-state index contributed by atoms with van der Waals surface area (Å²) in [4.78, 5) is 27.7. The van der Waals surface area contributed by atoms with Crippen molar-refractivity contribution in [2.45, 2.75) is 53.6 Å². The first-order valence-corrected chi connectivity index (χ1v) is 10.6. The van der Waals surface area contributed by atoms with E-state index in [0.29, 0.717) is 31.2 Å². The summed E-state index contributed by atoms with van der Waals surface area (Å²) < 4.78 is 5.79. The van der Waals surface area contributed by atoms with Crippen LogP contribution in [0.2, 0.25) is 0 Å². The van der Waals surface area contributed by atoms with Crippen LogP contribution in [-0.2, 0) is 16.1 Å². The number of hydrogen-bond acceptors (Lipinski definition) is 3. The molecule has 2 rings (SSSR count). The molecule has 0 heterocycles. The van der Waals surface area contributed by atoms with Crippen molar-refractivity contribution in [1.82, 2.24) is 10.2 Å². The Hall–Kier alpha value is -2.82. The Balaban J connectivity index is 2.21. The summed E-state index contributed by atoms with van der Waals surface area (Å²) in [5, 5.41) is 2.97. The van der Waals surface area contributed by atoms with Gasteiger partial charge in [0.15, 0.2) is 6.61 Å². The fourth-order valence-electron chi connectivity index (χ4n) is 3.29. The van der Waals surface area contributed by atoms with E-state index >= 15 is 0 Å². The molecule has 2 amide bonds. The fourth-order valence-corrected chi connectivity index (χ4v) is 3.29. The molecule has 0 aliphatic heterocycles. The second kappa shape index (κ2) is 11.4. The Morgan fingerprint density at radius 2 is 1.80 bits per heavy atom. The number of ether oxygens (including phenoxy) is 1. The van der Waals surface area contributed by atoms with Crippen LogP contribution in [0.15, 0.2) is 48.5 Å². The van der Waals surface area contributed by atoms with Gasteiger partial charge in [-0.05, 0) is 43.4 Å². The predicted octanol–water partition coefficient (Wildman–Crippen LogP) is 4.26. The van der Waals surface area contributed by atoms with Crippen LogP contribution in [0.25, 0.3) is 0 Å². The molecule has 1 unspecified atom stereocenters. The third-order valence-electron chi connectivity index (χ3n) is 4.95. The highest BCUT2D eigenvalue weighted by Gasteiger charge is 2.29. The second-order valence-electron chi connectivity index (χ2n) is 8.13. The maximum atomic E-state index is 13.2. The number of aryl methyl sites for hydroxylation is 2. The smallest absolute Gasteiger partial charge is 0.261 e. The molecule has 2 aromatic rings. The number of para-hydroxylation sites is 1. The van der Waals surface area contributed by atoms with Gasteiger partial charge >= 0.3 is 0 Å². The molecule has 1 atom stereocenters. The first-order chi connectivity index (χ1) is 14.3. The molecule has 0 bridgehead atoms. The zero-order chi connectivity index (χ0) is 22.1. The minimum atomic E-state index is -0.544. The summed E-state index contributed by atoms with van der Waals surface area (Å²) in [5.41, 5.74) is 3.08. The summed E-state index contributed by atoms with van der Waals surface area (Å²) in [5.74, 6) is 0.699.